The first-order valence-electron chi connectivity index (χ1n) is 8.20. The molecule has 1 saturated heterocycles. The van der Waals surface area contributed by atoms with Gasteiger partial charge in [-0.2, -0.15) is 0 Å². The molecule has 1 aromatic heterocycles. The molecule has 2 N–H and O–H groups in total. The van der Waals surface area contributed by atoms with Gasteiger partial charge in [0.05, 0.1) is 11.7 Å². The van der Waals surface area contributed by atoms with E-state index in [0.29, 0.717) is 12.0 Å². The van der Waals surface area contributed by atoms with Crippen molar-refractivity contribution in [1.82, 2.24) is 25.5 Å². The van der Waals surface area contributed by atoms with Gasteiger partial charge in [-0.05, 0) is 53.8 Å². The third-order valence-electron chi connectivity index (χ3n) is 4.91. The molecule has 128 valence electrons. The Labute approximate surface area is 146 Å². The number of tetrazole rings is 1. The molecule has 24 heavy (non-hydrogen) atoms. The van der Waals surface area contributed by atoms with Crippen LogP contribution in [0.15, 0.2) is 30.6 Å². The summed E-state index contributed by atoms with van der Waals surface area (Å²) in [6.07, 6.45) is 7.49. The van der Waals surface area contributed by atoms with Crippen LogP contribution in [0, 0.1) is 5.92 Å². The Balaban J connectivity index is 0.00000169. The molecule has 4 rings (SSSR count). The molecular formula is C16H21ClN6O. The molecule has 2 aromatic rings. The number of hydrogen-bond acceptors (Lipinski definition) is 5. The Morgan fingerprint density at radius 2 is 2.17 bits per heavy atom. The average molecular weight is 349 g/mol. The number of carbonyl (C=O) groups is 1. The SMILES string of the molecule is Cl.O=C(Nc1cccc(-n2cnnn2)c1)C1CC2CCCCC2N1. The number of hydrogen-bond donors (Lipinski definition) is 2. The lowest BCUT2D eigenvalue weighted by Crippen LogP contribution is -2.39. The van der Waals surface area contributed by atoms with Crippen LogP contribution in [0.5, 0.6) is 0 Å². The third kappa shape index (κ3) is 3.42. The van der Waals surface area contributed by atoms with E-state index in [-0.39, 0.29) is 24.4 Å². The maximum atomic E-state index is 12.5. The van der Waals surface area contributed by atoms with Crippen LogP contribution in [-0.2, 0) is 4.79 Å². The first-order chi connectivity index (χ1) is 11.3. The van der Waals surface area contributed by atoms with Gasteiger partial charge in [-0.25, -0.2) is 4.68 Å². The van der Waals surface area contributed by atoms with Crippen LogP contribution in [0.3, 0.4) is 0 Å². The van der Waals surface area contributed by atoms with Crippen molar-refractivity contribution in [3.63, 3.8) is 0 Å². The predicted octanol–water partition coefficient (Wildman–Crippen LogP) is 1.94. The molecule has 0 radical (unpaired) electrons. The van der Waals surface area contributed by atoms with Crippen LogP contribution < -0.4 is 10.6 Å². The first kappa shape index (κ1) is 16.9. The van der Waals surface area contributed by atoms with Crippen molar-refractivity contribution in [2.24, 2.45) is 5.92 Å². The average Bonchev–Trinajstić information content (AvgIpc) is 3.24. The summed E-state index contributed by atoms with van der Waals surface area (Å²) in [4.78, 5) is 12.5. The molecule has 3 unspecified atom stereocenters. The molecule has 0 spiro atoms. The fourth-order valence-corrected chi connectivity index (χ4v) is 3.76. The van der Waals surface area contributed by atoms with Crippen LogP contribution in [-0.4, -0.2) is 38.2 Å². The minimum Gasteiger partial charge on any atom is -0.325 e. The van der Waals surface area contributed by atoms with Gasteiger partial charge in [-0.3, -0.25) is 4.79 Å². The predicted molar refractivity (Wildman–Crippen MR) is 92.3 cm³/mol. The van der Waals surface area contributed by atoms with Gasteiger partial charge >= 0.3 is 0 Å². The van der Waals surface area contributed by atoms with Gasteiger partial charge in [0, 0.05) is 11.7 Å². The van der Waals surface area contributed by atoms with Gasteiger partial charge < -0.3 is 10.6 Å². The monoisotopic (exact) mass is 348 g/mol. The minimum atomic E-state index is -0.0835. The number of rotatable bonds is 3. The largest absolute Gasteiger partial charge is 0.325 e. The number of halogens is 1. The van der Waals surface area contributed by atoms with Gasteiger partial charge in [-0.1, -0.05) is 18.9 Å². The van der Waals surface area contributed by atoms with E-state index in [1.807, 2.05) is 24.3 Å². The molecule has 3 atom stereocenters. The fourth-order valence-electron chi connectivity index (χ4n) is 3.76. The fraction of sp³-hybridized carbons (Fsp3) is 0.500. The number of benzene rings is 1. The molecule has 8 heteroatoms. The number of anilines is 1. The van der Waals surface area contributed by atoms with E-state index >= 15 is 0 Å². The summed E-state index contributed by atoms with van der Waals surface area (Å²) >= 11 is 0. The van der Waals surface area contributed by atoms with E-state index in [0.717, 1.165) is 17.8 Å². The Kier molecular flexibility index (Phi) is 5.11. The highest BCUT2D eigenvalue weighted by Crippen LogP contribution is 2.33. The highest BCUT2D eigenvalue weighted by Gasteiger charge is 2.38. The lowest BCUT2D eigenvalue weighted by Gasteiger charge is -2.24. The van der Waals surface area contributed by atoms with Gasteiger partial charge in [0.15, 0.2) is 0 Å². The van der Waals surface area contributed by atoms with Gasteiger partial charge in [0.1, 0.15) is 6.33 Å². The highest BCUT2D eigenvalue weighted by atomic mass is 35.5. The zero-order valence-electron chi connectivity index (χ0n) is 13.3. The van der Waals surface area contributed by atoms with E-state index in [2.05, 4.69) is 26.2 Å². The molecular weight excluding hydrogens is 328 g/mol. The molecule has 2 fully saturated rings. The van der Waals surface area contributed by atoms with E-state index < -0.39 is 0 Å². The number of nitrogens with one attached hydrogen (secondary N) is 2. The zero-order valence-corrected chi connectivity index (χ0v) is 14.1. The van der Waals surface area contributed by atoms with E-state index in [4.69, 9.17) is 0 Å². The molecule has 7 nitrogen and oxygen atoms in total. The zero-order chi connectivity index (χ0) is 15.6. The molecule has 1 aliphatic heterocycles. The maximum Gasteiger partial charge on any atom is 0.241 e. The van der Waals surface area contributed by atoms with E-state index in [9.17, 15) is 4.79 Å². The number of fused-ring (bicyclic) bond motifs is 1. The van der Waals surface area contributed by atoms with Crippen molar-refractivity contribution in [2.45, 2.75) is 44.2 Å². The number of amides is 1. The Hall–Kier alpha value is -1.99. The van der Waals surface area contributed by atoms with Crippen molar-refractivity contribution in [2.75, 3.05) is 5.32 Å². The second kappa shape index (κ2) is 7.27. The molecule has 2 heterocycles. The standard InChI is InChI=1S/C16H20N6O.ClH/c23-16(15-8-11-4-1-2-7-14(11)19-15)18-12-5-3-6-13(9-12)22-10-17-20-21-22;/h3,5-6,9-11,14-15,19H,1-2,4,7-8H2,(H,18,23);1H. The van der Waals surface area contributed by atoms with Crippen molar-refractivity contribution >= 4 is 24.0 Å². The summed E-state index contributed by atoms with van der Waals surface area (Å²) in [5, 5.41) is 17.6. The summed E-state index contributed by atoms with van der Waals surface area (Å²) < 4.78 is 1.57. The first-order valence-corrected chi connectivity index (χ1v) is 8.20. The summed E-state index contributed by atoms with van der Waals surface area (Å²) in [5.74, 6) is 0.709. The van der Waals surface area contributed by atoms with Crippen molar-refractivity contribution in [3.05, 3.63) is 30.6 Å². The van der Waals surface area contributed by atoms with Crippen LogP contribution in [0.25, 0.3) is 5.69 Å². The molecule has 1 aromatic carbocycles. The molecule has 0 bridgehead atoms. The number of carbonyl (C=O) groups excluding carboxylic acids is 1. The molecule has 1 aliphatic carbocycles. The second-order valence-electron chi connectivity index (χ2n) is 6.40. The smallest absolute Gasteiger partial charge is 0.241 e. The van der Waals surface area contributed by atoms with E-state index in [1.165, 1.54) is 32.0 Å². The lowest BCUT2D eigenvalue weighted by molar-refractivity contribution is -0.117. The summed E-state index contributed by atoms with van der Waals surface area (Å²) in [5.41, 5.74) is 1.58. The minimum absolute atomic E-state index is 0. The van der Waals surface area contributed by atoms with Crippen molar-refractivity contribution < 1.29 is 4.79 Å². The van der Waals surface area contributed by atoms with E-state index in [1.54, 1.807) is 4.68 Å². The van der Waals surface area contributed by atoms with Crippen molar-refractivity contribution in [1.29, 1.82) is 0 Å². The van der Waals surface area contributed by atoms with Crippen LogP contribution in [0.1, 0.15) is 32.1 Å². The normalized spacial score (nSPS) is 25.6. The number of aromatic nitrogens is 4. The van der Waals surface area contributed by atoms with Crippen LogP contribution in [0.4, 0.5) is 5.69 Å². The Morgan fingerprint density at radius 1 is 1.29 bits per heavy atom. The quantitative estimate of drug-likeness (QED) is 0.885. The molecule has 1 saturated carbocycles. The van der Waals surface area contributed by atoms with Gasteiger partial charge in [0.2, 0.25) is 5.91 Å². The summed E-state index contributed by atoms with van der Waals surface area (Å²) in [7, 11) is 0. The highest BCUT2D eigenvalue weighted by molar-refractivity contribution is 5.95. The van der Waals surface area contributed by atoms with Gasteiger partial charge in [-0.15, -0.1) is 17.5 Å². The second-order valence-corrected chi connectivity index (χ2v) is 6.40. The lowest BCUT2D eigenvalue weighted by atomic mass is 9.85. The Bertz CT molecular complexity index is 678. The molecule has 1 amide bonds. The Morgan fingerprint density at radius 3 is 2.96 bits per heavy atom. The maximum absolute atomic E-state index is 12.5. The van der Waals surface area contributed by atoms with Crippen LogP contribution >= 0.6 is 12.4 Å². The van der Waals surface area contributed by atoms with Crippen LogP contribution in [0.2, 0.25) is 0 Å². The van der Waals surface area contributed by atoms with Gasteiger partial charge in [0.25, 0.3) is 0 Å². The topological polar surface area (TPSA) is 84.7 Å². The number of nitrogens with zero attached hydrogens (tertiary/aromatic N) is 4. The summed E-state index contributed by atoms with van der Waals surface area (Å²) in [6.45, 7) is 0. The summed E-state index contributed by atoms with van der Waals surface area (Å²) in [6, 6.07) is 7.97. The third-order valence-corrected chi connectivity index (χ3v) is 4.91. The van der Waals surface area contributed by atoms with Crippen molar-refractivity contribution in [3.8, 4) is 5.69 Å². The molecule has 2 aliphatic rings.